The molecular formula is C33H20N2O8. The summed E-state index contributed by atoms with van der Waals surface area (Å²) >= 11 is 0. The number of methoxy groups -OCH3 is 1. The van der Waals surface area contributed by atoms with E-state index in [0.717, 1.165) is 0 Å². The molecule has 4 aromatic carbocycles. The number of carbonyl (C=O) groups excluding carboxylic acids is 4. The Bertz CT molecular complexity index is 2170. The van der Waals surface area contributed by atoms with Crippen molar-refractivity contribution < 1.29 is 37.7 Å². The summed E-state index contributed by atoms with van der Waals surface area (Å²) in [4.78, 5) is 49.0. The summed E-state index contributed by atoms with van der Waals surface area (Å²) in [5.74, 6) is -0.130. The van der Waals surface area contributed by atoms with Crippen molar-refractivity contribution in [1.82, 2.24) is 10.3 Å². The SMILES string of the molecule is CCOC(=O)c1ccc2c3c(onc13)-c1ccccc1C2=O.COC(=O)c1ccc2c3c(onc13)-c1ccccc1C2=O. The molecule has 0 aliphatic heterocycles. The van der Waals surface area contributed by atoms with Gasteiger partial charge in [0.25, 0.3) is 0 Å². The molecule has 2 heterocycles. The number of aromatic nitrogens is 2. The van der Waals surface area contributed by atoms with E-state index in [1.54, 1.807) is 55.5 Å². The van der Waals surface area contributed by atoms with Gasteiger partial charge in [-0.15, -0.1) is 0 Å². The van der Waals surface area contributed by atoms with Crippen molar-refractivity contribution in [2.75, 3.05) is 13.7 Å². The van der Waals surface area contributed by atoms with E-state index in [0.29, 0.717) is 77.8 Å². The Kier molecular flexibility index (Phi) is 5.98. The molecule has 0 saturated heterocycles. The van der Waals surface area contributed by atoms with Crippen LogP contribution in [0.1, 0.15) is 59.5 Å². The summed E-state index contributed by atoms with van der Waals surface area (Å²) < 4.78 is 20.6. The van der Waals surface area contributed by atoms with Gasteiger partial charge in [-0.3, -0.25) is 9.59 Å². The van der Waals surface area contributed by atoms with Crippen LogP contribution in [0.2, 0.25) is 0 Å². The van der Waals surface area contributed by atoms with Gasteiger partial charge in [-0.05, 0) is 31.2 Å². The molecule has 0 saturated carbocycles. The van der Waals surface area contributed by atoms with Gasteiger partial charge in [-0.2, -0.15) is 0 Å². The van der Waals surface area contributed by atoms with Crippen LogP contribution >= 0.6 is 0 Å². The largest absolute Gasteiger partial charge is 0.465 e. The third-order valence-electron chi connectivity index (χ3n) is 7.49. The Morgan fingerprint density at radius 1 is 0.628 bits per heavy atom. The Morgan fingerprint density at radius 3 is 1.51 bits per heavy atom. The van der Waals surface area contributed by atoms with E-state index >= 15 is 0 Å². The van der Waals surface area contributed by atoms with Gasteiger partial charge >= 0.3 is 11.9 Å². The lowest BCUT2D eigenvalue weighted by molar-refractivity contribution is 0.0526. The number of rotatable bonds is 3. The van der Waals surface area contributed by atoms with Crippen molar-refractivity contribution in [3.8, 4) is 22.6 Å². The molecule has 0 N–H and O–H groups in total. The Balaban J connectivity index is 0.000000140. The Hall–Kier alpha value is -5.90. The second kappa shape index (κ2) is 9.88. The summed E-state index contributed by atoms with van der Waals surface area (Å²) in [5.41, 5.74) is 4.87. The topological polar surface area (TPSA) is 139 Å². The van der Waals surface area contributed by atoms with Gasteiger partial charge in [0, 0.05) is 33.4 Å². The van der Waals surface area contributed by atoms with E-state index in [1.165, 1.54) is 7.11 Å². The first-order valence-corrected chi connectivity index (χ1v) is 13.3. The van der Waals surface area contributed by atoms with Crippen LogP contribution in [0, 0.1) is 0 Å². The number of nitrogens with zero attached hydrogens (tertiary/aromatic N) is 2. The number of benzene rings is 4. The molecule has 210 valence electrons. The molecule has 0 bridgehead atoms. The zero-order valence-electron chi connectivity index (χ0n) is 22.8. The molecule has 8 rings (SSSR count). The molecule has 2 aliphatic carbocycles. The minimum Gasteiger partial charge on any atom is -0.465 e. The van der Waals surface area contributed by atoms with Crippen molar-refractivity contribution in [2.24, 2.45) is 0 Å². The zero-order valence-corrected chi connectivity index (χ0v) is 22.8. The van der Waals surface area contributed by atoms with E-state index in [2.05, 4.69) is 10.3 Å². The molecule has 2 aromatic heterocycles. The summed E-state index contributed by atoms with van der Waals surface area (Å²) in [6.07, 6.45) is 0. The highest BCUT2D eigenvalue weighted by atomic mass is 16.5. The summed E-state index contributed by atoms with van der Waals surface area (Å²) in [6.45, 7) is 2.01. The molecule has 0 radical (unpaired) electrons. The molecule has 0 unspecified atom stereocenters. The first-order valence-electron chi connectivity index (χ1n) is 13.3. The average Bonchev–Trinajstić information content (AvgIpc) is 3.69. The number of ether oxygens (including phenoxy) is 2. The quantitative estimate of drug-likeness (QED) is 0.230. The van der Waals surface area contributed by atoms with Gasteiger partial charge in [-0.25, -0.2) is 9.59 Å². The number of hydrogen-bond donors (Lipinski definition) is 0. The fraction of sp³-hybridized carbons (Fsp3) is 0.0909. The molecule has 0 amide bonds. The Morgan fingerprint density at radius 2 is 1.07 bits per heavy atom. The van der Waals surface area contributed by atoms with Crippen LogP contribution in [-0.4, -0.2) is 47.5 Å². The number of hydrogen-bond acceptors (Lipinski definition) is 10. The standard InChI is InChI=1S/C17H11NO4.C16H9NO4/c1-2-21-17(20)12-8-7-11-13-14(12)18-22-16(13)10-6-4-3-5-9(10)15(11)19;1-20-16(19)11-7-6-10-12-13(11)17-21-15(12)9-5-3-2-4-8(9)14(10)18/h3-8H,2H2,1H3;2-7H,1H3. The van der Waals surface area contributed by atoms with E-state index in [-0.39, 0.29) is 18.2 Å². The highest BCUT2D eigenvalue weighted by molar-refractivity contribution is 6.27. The van der Waals surface area contributed by atoms with Crippen LogP contribution in [0.25, 0.3) is 44.5 Å². The zero-order chi connectivity index (χ0) is 29.8. The van der Waals surface area contributed by atoms with Crippen molar-refractivity contribution in [3.05, 3.63) is 106 Å². The molecular weight excluding hydrogens is 552 g/mol. The molecule has 10 heteroatoms. The lowest BCUT2D eigenvalue weighted by Crippen LogP contribution is -2.11. The van der Waals surface area contributed by atoms with Gasteiger partial charge in [0.15, 0.2) is 23.1 Å². The number of ketones is 2. The second-order valence-electron chi connectivity index (χ2n) is 9.75. The van der Waals surface area contributed by atoms with Crippen molar-refractivity contribution >= 4 is 45.3 Å². The van der Waals surface area contributed by atoms with Crippen LogP contribution in [0.15, 0.2) is 81.8 Å². The minimum absolute atomic E-state index is 0.0910. The average molecular weight is 573 g/mol. The number of esters is 2. The molecule has 0 fully saturated rings. The van der Waals surface area contributed by atoms with Gasteiger partial charge in [-0.1, -0.05) is 58.8 Å². The number of carbonyl (C=O) groups is 4. The number of fused-ring (bicyclic) bond motifs is 4. The molecule has 10 nitrogen and oxygen atoms in total. The van der Waals surface area contributed by atoms with Crippen molar-refractivity contribution in [3.63, 3.8) is 0 Å². The Labute approximate surface area is 242 Å². The van der Waals surface area contributed by atoms with E-state index in [4.69, 9.17) is 18.5 Å². The third-order valence-corrected chi connectivity index (χ3v) is 7.49. The second-order valence-corrected chi connectivity index (χ2v) is 9.75. The smallest absolute Gasteiger partial charge is 0.340 e. The highest BCUT2D eigenvalue weighted by Gasteiger charge is 2.32. The molecule has 2 aliphatic rings. The molecule has 0 spiro atoms. The lowest BCUT2D eigenvalue weighted by atomic mass is 9.87. The van der Waals surface area contributed by atoms with Gasteiger partial charge in [0.05, 0.1) is 35.6 Å². The van der Waals surface area contributed by atoms with Gasteiger partial charge in [0.2, 0.25) is 0 Å². The predicted octanol–water partition coefficient (Wildman–Crippen LogP) is 6.04. The van der Waals surface area contributed by atoms with Crippen LogP contribution in [-0.2, 0) is 9.47 Å². The highest BCUT2D eigenvalue weighted by Crippen LogP contribution is 2.41. The van der Waals surface area contributed by atoms with E-state index in [1.807, 2.05) is 24.3 Å². The molecule has 0 atom stereocenters. The fourth-order valence-electron chi connectivity index (χ4n) is 5.55. The maximum atomic E-state index is 12.6. The fourth-order valence-corrected chi connectivity index (χ4v) is 5.55. The maximum Gasteiger partial charge on any atom is 0.340 e. The van der Waals surface area contributed by atoms with Gasteiger partial charge in [0.1, 0.15) is 11.0 Å². The molecule has 6 aromatic rings. The lowest BCUT2D eigenvalue weighted by Gasteiger charge is -2.14. The van der Waals surface area contributed by atoms with Crippen LogP contribution in [0.3, 0.4) is 0 Å². The van der Waals surface area contributed by atoms with Gasteiger partial charge < -0.3 is 18.5 Å². The van der Waals surface area contributed by atoms with E-state index < -0.39 is 11.9 Å². The van der Waals surface area contributed by atoms with Crippen LogP contribution < -0.4 is 0 Å². The van der Waals surface area contributed by atoms with Crippen LogP contribution in [0.4, 0.5) is 0 Å². The summed E-state index contributed by atoms with van der Waals surface area (Å²) in [7, 11) is 1.30. The predicted molar refractivity (Wildman–Crippen MR) is 153 cm³/mol. The first kappa shape index (κ1) is 26.0. The van der Waals surface area contributed by atoms with Crippen molar-refractivity contribution in [2.45, 2.75) is 6.92 Å². The summed E-state index contributed by atoms with van der Waals surface area (Å²) in [5, 5.41) is 9.11. The van der Waals surface area contributed by atoms with E-state index in [9.17, 15) is 19.2 Å². The molecule has 43 heavy (non-hydrogen) atoms. The summed E-state index contributed by atoms with van der Waals surface area (Å²) in [6, 6.07) is 20.8. The maximum absolute atomic E-state index is 12.6. The van der Waals surface area contributed by atoms with Crippen LogP contribution in [0.5, 0.6) is 0 Å². The first-order chi connectivity index (χ1) is 20.9. The monoisotopic (exact) mass is 572 g/mol. The normalized spacial score (nSPS) is 12.3. The minimum atomic E-state index is -0.507. The van der Waals surface area contributed by atoms with Crippen molar-refractivity contribution in [1.29, 1.82) is 0 Å². The third kappa shape index (κ3) is 3.80.